The van der Waals surface area contributed by atoms with Crippen LogP contribution >= 0.6 is 0 Å². The highest BCUT2D eigenvalue weighted by Crippen LogP contribution is 1.94. The van der Waals surface area contributed by atoms with Gasteiger partial charge in [-0.15, -0.1) is 0 Å². The van der Waals surface area contributed by atoms with Crippen molar-refractivity contribution in [3.05, 3.63) is 6.92 Å². The summed E-state index contributed by atoms with van der Waals surface area (Å²) in [6, 6.07) is -0.725. The van der Waals surface area contributed by atoms with Crippen LogP contribution in [0.4, 0.5) is 4.79 Å². The van der Waals surface area contributed by atoms with Gasteiger partial charge in [0.1, 0.15) is 0 Å². The molecule has 1 unspecified atom stereocenters. The van der Waals surface area contributed by atoms with E-state index in [1.807, 2.05) is 0 Å². The lowest BCUT2D eigenvalue weighted by atomic mass is 10.2. The summed E-state index contributed by atoms with van der Waals surface area (Å²) in [5.74, 6) is -0.265. The second-order valence-corrected chi connectivity index (χ2v) is 1.92. The van der Waals surface area contributed by atoms with Crippen LogP contribution in [0.1, 0.15) is 6.42 Å². The quantitative estimate of drug-likeness (QED) is 0.457. The van der Waals surface area contributed by atoms with Crippen molar-refractivity contribution in [1.82, 2.24) is 10.6 Å². The van der Waals surface area contributed by atoms with Gasteiger partial charge >= 0.3 is 6.03 Å². The second-order valence-electron chi connectivity index (χ2n) is 1.92. The van der Waals surface area contributed by atoms with Gasteiger partial charge in [0.2, 0.25) is 5.91 Å². The normalized spacial score (nSPS) is 27.0. The number of amides is 3. The molecular formula is C5H7N2O2. The Hall–Kier alpha value is -1.06. The van der Waals surface area contributed by atoms with Crippen molar-refractivity contribution in [3.63, 3.8) is 0 Å². The molecule has 1 fully saturated rings. The summed E-state index contributed by atoms with van der Waals surface area (Å²) in [5, 5.41) is 4.51. The van der Waals surface area contributed by atoms with Gasteiger partial charge in [0, 0.05) is 12.5 Å². The molecule has 2 N–H and O–H groups in total. The molecule has 0 aromatic rings. The molecule has 0 saturated carbocycles. The highest BCUT2D eigenvalue weighted by atomic mass is 16.2. The van der Waals surface area contributed by atoms with Crippen molar-refractivity contribution >= 4 is 11.9 Å². The Kier molecular flexibility index (Phi) is 1.38. The first kappa shape index (κ1) is 6.07. The molecule has 3 amide bonds. The van der Waals surface area contributed by atoms with E-state index in [4.69, 9.17) is 0 Å². The summed E-state index contributed by atoms with van der Waals surface area (Å²) < 4.78 is 0. The fourth-order valence-electron chi connectivity index (χ4n) is 0.674. The summed E-state index contributed by atoms with van der Waals surface area (Å²) in [6.07, 6.45) is 0.270. The first-order valence-electron chi connectivity index (χ1n) is 2.62. The van der Waals surface area contributed by atoms with E-state index in [9.17, 15) is 9.59 Å². The maximum Gasteiger partial charge on any atom is 0.321 e. The molecular weight excluding hydrogens is 120 g/mol. The number of hydrogen-bond acceptors (Lipinski definition) is 2. The molecule has 49 valence electrons. The molecule has 0 aromatic heterocycles. The zero-order valence-corrected chi connectivity index (χ0v) is 4.81. The number of hydrogen-bond donors (Lipinski definition) is 2. The minimum atomic E-state index is -0.453. The van der Waals surface area contributed by atoms with E-state index in [-0.39, 0.29) is 18.4 Å². The third-order valence-electron chi connectivity index (χ3n) is 1.02. The summed E-state index contributed by atoms with van der Waals surface area (Å²) in [7, 11) is 0. The van der Waals surface area contributed by atoms with E-state index in [0.717, 1.165) is 0 Å². The Morgan fingerprint density at radius 2 is 2.22 bits per heavy atom. The monoisotopic (exact) mass is 127 g/mol. The highest BCUT2D eigenvalue weighted by Gasteiger charge is 2.19. The predicted molar refractivity (Wildman–Crippen MR) is 30.4 cm³/mol. The van der Waals surface area contributed by atoms with E-state index >= 15 is 0 Å². The van der Waals surface area contributed by atoms with Gasteiger partial charge in [-0.1, -0.05) is 0 Å². The molecule has 9 heavy (non-hydrogen) atoms. The lowest BCUT2D eigenvalue weighted by Crippen LogP contribution is -2.51. The Balaban J connectivity index is 2.53. The molecule has 1 saturated heterocycles. The lowest BCUT2D eigenvalue weighted by molar-refractivity contribution is -0.120. The van der Waals surface area contributed by atoms with Crippen LogP contribution in [0.25, 0.3) is 0 Å². The summed E-state index contributed by atoms with van der Waals surface area (Å²) in [5.41, 5.74) is 0. The zero-order chi connectivity index (χ0) is 6.85. The van der Waals surface area contributed by atoms with Crippen LogP contribution in [0, 0.1) is 6.92 Å². The van der Waals surface area contributed by atoms with E-state index in [1.165, 1.54) is 0 Å². The number of urea groups is 1. The fraction of sp³-hybridized carbons (Fsp3) is 0.400. The van der Waals surface area contributed by atoms with Crippen LogP contribution in [0.2, 0.25) is 0 Å². The molecule has 1 radical (unpaired) electrons. The molecule has 0 bridgehead atoms. The molecule has 4 heteroatoms. The van der Waals surface area contributed by atoms with Gasteiger partial charge in [-0.05, 0) is 6.92 Å². The van der Waals surface area contributed by atoms with Crippen LogP contribution in [-0.2, 0) is 4.79 Å². The molecule has 0 aromatic carbocycles. The molecule has 4 nitrogen and oxygen atoms in total. The Morgan fingerprint density at radius 3 is 2.67 bits per heavy atom. The van der Waals surface area contributed by atoms with Crippen molar-refractivity contribution in [2.24, 2.45) is 0 Å². The maximum atomic E-state index is 10.5. The van der Waals surface area contributed by atoms with Crippen LogP contribution in [0.15, 0.2) is 0 Å². The average Bonchev–Trinajstić information content (AvgIpc) is 1.59. The van der Waals surface area contributed by atoms with Crippen LogP contribution in [0.3, 0.4) is 0 Å². The van der Waals surface area contributed by atoms with Crippen molar-refractivity contribution in [3.8, 4) is 0 Å². The largest absolute Gasteiger partial charge is 0.335 e. The molecule has 0 spiro atoms. The van der Waals surface area contributed by atoms with E-state index in [0.29, 0.717) is 0 Å². The van der Waals surface area contributed by atoms with Gasteiger partial charge in [-0.2, -0.15) is 0 Å². The standard InChI is InChI=1S/C5H7N2O2/c1-3-2-4(8)7-5(9)6-3/h3H,1-2H2,(H2,6,7,8,9). The number of carbonyl (C=O) groups excluding carboxylic acids is 2. The molecule has 1 rings (SSSR count). The first-order chi connectivity index (χ1) is 4.18. The molecule has 0 aliphatic carbocycles. The van der Waals surface area contributed by atoms with Crippen molar-refractivity contribution in [2.45, 2.75) is 12.5 Å². The van der Waals surface area contributed by atoms with Gasteiger partial charge in [-0.3, -0.25) is 10.1 Å². The second kappa shape index (κ2) is 2.05. The summed E-state index contributed by atoms with van der Waals surface area (Å²) in [4.78, 5) is 20.9. The van der Waals surface area contributed by atoms with Gasteiger partial charge in [0.25, 0.3) is 0 Å². The average molecular weight is 127 g/mol. The third-order valence-corrected chi connectivity index (χ3v) is 1.02. The molecule has 1 aliphatic rings. The molecule has 1 aliphatic heterocycles. The minimum Gasteiger partial charge on any atom is -0.335 e. The van der Waals surface area contributed by atoms with Crippen LogP contribution in [-0.4, -0.2) is 18.0 Å². The molecule has 1 atom stereocenters. The van der Waals surface area contributed by atoms with Crippen LogP contribution < -0.4 is 10.6 Å². The number of nitrogens with one attached hydrogen (secondary N) is 2. The van der Waals surface area contributed by atoms with Gasteiger partial charge < -0.3 is 5.32 Å². The Labute approximate surface area is 52.6 Å². The molecule has 1 heterocycles. The number of imide groups is 1. The fourth-order valence-corrected chi connectivity index (χ4v) is 0.674. The van der Waals surface area contributed by atoms with Crippen LogP contribution in [0.5, 0.6) is 0 Å². The Bertz CT molecular complexity index is 139. The highest BCUT2D eigenvalue weighted by molar-refractivity contribution is 5.97. The number of rotatable bonds is 0. The zero-order valence-electron chi connectivity index (χ0n) is 4.81. The van der Waals surface area contributed by atoms with E-state index in [2.05, 4.69) is 17.6 Å². The minimum absolute atomic E-state index is 0.265. The van der Waals surface area contributed by atoms with Gasteiger partial charge in [0.15, 0.2) is 0 Å². The van der Waals surface area contributed by atoms with Crippen molar-refractivity contribution < 1.29 is 9.59 Å². The first-order valence-corrected chi connectivity index (χ1v) is 2.62. The smallest absolute Gasteiger partial charge is 0.321 e. The SMILES string of the molecule is [CH2]C1CC(=O)NC(=O)N1. The number of carbonyl (C=O) groups is 2. The van der Waals surface area contributed by atoms with Crippen molar-refractivity contribution in [1.29, 1.82) is 0 Å². The Morgan fingerprint density at radius 1 is 1.56 bits per heavy atom. The lowest BCUT2D eigenvalue weighted by Gasteiger charge is -2.18. The predicted octanol–water partition coefficient (Wildman–Crippen LogP) is -0.581. The van der Waals surface area contributed by atoms with Crippen molar-refractivity contribution in [2.75, 3.05) is 0 Å². The van der Waals surface area contributed by atoms with E-state index in [1.54, 1.807) is 0 Å². The van der Waals surface area contributed by atoms with Gasteiger partial charge in [0.05, 0.1) is 0 Å². The van der Waals surface area contributed by atoms with E-state index < -0.39 is 6.03 Å². The maximum absolute atomic E-state index is 10.5. The summed E-state index contributed by atoms with van der Waals surface area (Å²) in [6.45, 7) is 3.51. The third kappa shape index (κ3) is 1.42. The topological polar surface area (TPSA) is 58.2 Å². The van der Waals surface area contributed by atoms with Gasteiger partial charge in [-0.25, -0.2) is 4.79 Å². The summed E-state index contributed by atoms with van der Waals surface area (Å²) >= 11 is 0.